The van der Waals surface area contributed by atoms with E-state index >= 15 is 0 Å². The maximum Gasteiger partial charge on any atom is 0.128 e. The lowest BCUT2D eigenvalue weighted by molar-refractivity contribution is 0.948. The summed E-state index contributed by atoms with van der Waals surface area (Å²) in [4.78, 5) is 4.42. The van der Waals surface area contributed by atoms with Crippen LogP contribution in [0.25, 0.3) is 6.08 Å². The molecule has 0 unspecified atom stereocenters. The van der Waals surface area contributed by atoms with Gasteiger partial charge in [0.05, 0.1) is 0 Å². The molecule has 15 heavy (non-hydrogen) atoms. The van der Waals surface area contributed by atoms with Gasteiger partial charge in [-0.2, -0.15) is 0 Å². The highest BCUT2D eigenvalue weighted by Gasteiger charge is 2.00. The molecule has 0 atom stereocenters. The van der Waals surface area contributed by atoms with Crippen LogP contribution in [0.4, 0.5) is 0 Å². The molecule has 1 aromatic rings. The van der Waals surface area contributed by atoms with Crippen LogP contribution in [0.3, 0.4) is 0 Å². The van der Waals surface area contributed by atoms with Crippen molar-refractivity contribution in [2.75, 3.05) is 13.1 Å². The molecule has 0 aliphatic heterocycles. The van der Waals surface area contributed by atoms with Gasteiger partial charge in [-0.15, -0.1) is 0 Å². The van der Waals surface area contributed by atoms with Crippen molar-refractivity contribution in [3.05, 3.63) is 42.0 Å². The van der Waals surface area contributed by atoms with Crippen molar-refractivity contribution in [1.82, 2.24) is 5.32 Å². The Morgan fingerprint density at radius 3 is 2.47 bits per heavy atom. The molecule has 1 rings (SSSR count). The molecule has 0 aliphatic carbocycles. The fourth-order valence-electron chi connectivity index (χ4n) is 1.35. The van der Waals surface area contributed by atoms with Crippen LogP contribution < -0.4 is 5.32 Å². The van der Waals surface area contributed by atoms with Crippen LogP contribution in [0, 0.1) is 0 Å². The molecule has 0 saturated carbocycles. The molecular formula is C13H18N2. The average Bonchev–Trinajstić information content (AvgIpc) is 2.29. The van der Waals surface area contributed by atoms with Crippen LogP contribution in [0.2, 0.25) is 0 Å². The van der Waals surface area contributed by atoms with E-state index in [-0.39, 0.29) is 0 Å². The van der Waals surface area contributed by atoms with Gasteiger partial charge < -0.3 is 5.32 Å². The number of benzene rings is 1. The van der Waals surface area contributed by atoms with E-state index in [1.807, 2.05) is 25.1 Å². The summed E-state index contributed by atoms with van der Waals surface area (Å²) in [7, 11) is 0. The zero-order chi connectivity index (χ0) is 11.1. The van der Waals surface area contributed by atoms with Crippen LogP contribution in [-0.4, -0.2) is 18.9 Å². The summed E-state index contributed by atoms with van der Waals surface area (Å²) < 4.78 is 0. The van der Waals surface area contributed by atoms with Gasteiger partial charge in [0.1, 0.15) is 5.84 Å². The number of hydrogen-bond donors (Lipinski definition) is 1. The van der Waals surface area contributed by atoms with Crippen LogP contribution in [-0.2, 0) is 0 Å². The lowest BCUT2D eigenvalue weighted by Gasteiger charge is -2.08. The molecule has 0 spiro atoms. The molecule has 2 heteroatoms. The van der Waals surface area contributed by atoms with E-state index in [0.717, 1.165) is 30.1 Å². The van der Waals surface area contributed by atoms with E-state index in [1.54, 1.807) is 0 Å². The first kappa shape index (κ1) is 11.5. The molecule has 0 fully saturated rings. The van der Waals surface area contributed by atoms with Crippen molar-refractivity contribution in [1.29, 1.82) is 0 Å². The second kappa shape index (κ2) is 6.02. The summed E-state index contributed by atoms with van der Waals surface area (Å²) in [6.45, 7) is 9.53. The van der Waals surface area contributed by atoms with Gasteiger partial charge >= 0.3 is 0 Å². The van der Waals surface area contributed by atoms with Crippen LogP contribution >= 0.6 is 0 Å². The van der Waals surface area contributed by atoms with E-state index in [4.69, 9.17) is 0 Å². The highest BCUT2D eigenvalue weighted by molar-refractivity contribution is 5.98. The minimum Gasteiger partial charge on any atom is -0.370 e. The Morgan fingerprint density at radius 1 is 1.33 bits per heavy atom. The third kappa shape index (κ3) is 3.24. The minimum absolute atomic E-state index is 0.797. The van der Waals surface area contributed by atoms with E-state index in [2.05, 4.69) is 35.9 Å². The Balaban J connectivity index is 2.91. The second-order valence-electron chi connectivity index (χ2n) is 3.18. The standard InChI is InChI=1S/C13H18N2/c1-4-11-7-9-12(10-8-11)13(14-5-2)15-6-3/h4,7-10H,1,5-6H2,2-3H3,(H,14,15). The zero-order valence-corrected chi connectivity index (χ0v) is 9.46. The van der Waals surface area contributed by atoms with Gasteiger partial charge in [-0.3, -0.25) is 4.99 Å². The smallest absolute Gasteiger partial charge is 0.128 e. The summed E-state index contributed by atoms with van der Waals surface area (Å²) in [6.07, 6.45) is 1.84. The summed E-state index contributed by atoms with van der Waals surface area (Å²) in [5, 5.41) is 3.26. The first-order valence-electron chi connectivity index (χ1n) is 5.33. The van der Waals surface area contributed by atoms with Crippen molar-refractivity contribution in [3.8, 4) is 0 Å². The Kier molecular flexibility index (Phi) is 4.61. The molecule has 1 N–H and O–H groups in total. The van der Waals surface area contributed by atoms with E-state index < -0.39 is 0 Å². The number of amidine groups is 1. The second-order valence-corrected chi connectivity index (χ2v) is 3.18. The molecule has 1 aromatic carbocycles. The largest absolute Gasteiger partial charge is 0.370 e. The molecule has 0 radical (unpaired) electrons. The topological polar surface area (TPSA) is 24.4 Å². The number of nitrogens with one attached hydrogen (secondary N) is 1. The van der Waals surface area contributed by atoms with E-state index in [9.17, 15) is 0 Å². The van der Waals surface area contributed by atoms with Crippen molar-refractivity contribution in [2.45, 2.75) is 13.8 Å². The normalized spacial score (nSPS) is 11.2. The number of aliphatic imine (C=N–C) groups is 1. The molecule has 0 bridgehead atoms. The number of nitrogens with zero attached hydrogens (tertiary/aromatic N) is 1. The third-order valence-electron chi connectivity index (χ3n) is 2.08. The molecule has 0 saturated heterocycles. The SMILES string of the molecule is C=Cc1ccc(C(=NCC)NCC)cc1. The molecule has 0 aromatic heterocycles. The predicted molar refractivity (Wildman–Crippen MR) is 67.3 cm³/mol. The van der Waals surface area contributed by atoms with Gasteiger partial charge in [-0.1, -0.05) is 36.9 Å². The Labute approximate surface area is 91.7 Å². The summed E-state index contributed by atoms with van der Waals surface area (Å²) in [5.74, 6) is 0.968. The minimum atomic E-state index is 0.797. The van der Waals surface area contributed by atoms with Gasteiger partial charge in [0, 0.05) is 18.7 Å². The third-order valence-corrected chi connectivity index (χ3v) is 2.08. The molecule has 80 valence electrons. The van der Waals surface area contributed by atoms with E-state index in [1.165, 1.54) is 0 Å². The zero-order valence-electron chi connectivity index (χ0n) is 9.46. The summed E-state index contributed by atoms with van der Waals surface area (Å²) in [6, 6.07) is 8.22. The molecule has 0 heterocycles. The fraction of sp³-hybridized carbons (Fsp3) is 0.308. The van der Waals surface area contributed by atoms with Gasteiger partial charge in [-0.25, -0.2) is 0 Å². The molecule has 2 nitrogen and oxygen atoms in total. The predicted octanol–water partition coefficient (Wildman–Crippen LogP) is 2.71. The highest BCUT2D eigenvalue weighted by Crippen LogP contribution is 2.06. The first-order valence-corrected chi connectivity index (χ1v) is 5.33. The lowest BCUT2D eigenvalue weighted by atomic mass is 10.1. The maximum atomic E-state index is 4.42. The van der Waals surface area contributed by atoms with Gasteiger partial charge in [0.15, 0.2) is 0 Å². The van der Waals surface area contributed by atoms with Gasteiger partial charge in [0.2, 0.25) is 0 Å². The number of hydrogen-bond acceptors (Lipinski definition) is 1. The Bertz CT molecular complexity index is 336. The van der Waals surface area contributed by atoms with Crippen LogP contribution in [0.1, 0.15) is 25.0 Å². The molecule has 0 amide bonds. The van der Waals surface area contributed by atoms with Crippen molar-refractivity contribution >= 4 is 11.9 Å². The summed E-state index contributed by atoms with van der Waals surface area (Å²) >= 11 is 0. The van der Waals surface area contributed by atoms with Crippen molar-refractivity contribution in [3.63, 3.8) is 0 Å². The quantitative estimate of drug-likeness (QED) is 0.589. The van der Waals surface area contributed by atoms with Gasteiger partial charge in [-0.05, 0) is 19.4 Å². The Morgan fingerprint density at radius 2 is 2.00 bits per heavy atom. The highest BCUT2D eigenvalue weighted by atomic mass is 15.0. The van der Waals surface area contributed by atoms with Crippen LogP contribution in [0.15, 0.2) is 35.8 Å². The lowest BCUT2D eigenvalue weighted by Crippen LogP contribution is -2.24. The monoisotopic (exact) mass is 202 g/mol. The first-order chi connectivity index (χ1) is 7.31. The maximum absolute atomic E-state index is 4.42. The van der Waals surface area contributed by atoms with Crippen molar-refractivity contribution in [2.24, 2.45) is 4.99 Å². The fourth-order valence-corrected chi connectivity index (χ4v) is 1.35. The summed E-state index contributed by atoms with van der Waals surface area (Å²) in [5.41, 5.74) is 2.26. The Hall–Kier alpha value is -1.57. The van der Waals surface area contributed by atoms with Crippen molar-refractivity contribution < 1.29 is 0 Å². The molecular weight excluding hydrogens is 184 g/mol. The van der Waals surface area contributed by atoms with Crippen LogP contribution in [0.5, 0.6) is 0 Å². The van der Waals surface area contributed by atoms with Gasteiger partial charge in [0.25, 0.3) is 0 Å². The number of rotatable bonds is 4. The van der Waals surface area contributed by atoms with E-state index in [0.29, 0.717) is 0 Å². The average molecular weight is 202 g/mol. The molecule has 0 aliphatic rings.